The van der Waals surface area contributed by atoms with E-state index in [1.165, 1.54) is 0 Å². The standard InChI is InChI=1S/C19H14NO5P/c21-26(23-15-9-3-1-4-10-15,24-16-11-5-2-6-12-16)25-19-17-13-7-8-14-18(17)20-22-19/h1-14H. The number of aromatic nitrogens is 1. The molecule has 0 bridgehead atoms. The summed E-state index contributed by atoms with van der Waals surface area (Å²) < 4.78 is 35.1. The molecule has 4 rings (SSSR count). The number of phosphoric ester groups is 1. The maximum Gasteiger partial charge on any atom is 0.649 e. The predicted octanol–water partition coefficient (Wildman–Crippen LogP) is 5.47. The third-order valence-electron chi connectivity index (χ3n) is 3.47. The number of fused-ring (bicyclic) bond motifs is 1. The van der Waals surface area contributed by atoms with Gasteiger partial charge in [-0.25, -0.2) is 0 Å². The van der Waals surface area contributed by atoms with Crippen molar-refractivity contribution in [1.29, 1.82) is 0 Å². The summed E-state index contributed by atoms with van der Waals surface area (Å²) in [7, 11) is -4.09. The van der Waals surface area contributed by atoms with E-state index in [0.717, 1.165) is 0 Å². The molecule has 0 aliphatic rings. The molecular formula is C19H14NO5P. The zero-order chi connectivity index (χ0) is 17.8. The molecule has 3 aromatic carbocycles. The Morgan fingerprint density at radius 3 is 1.85 bits per heavy atom. The van der Waals surface area contributed by atoms with Gasteiger partial charge >= 0.3 is 13.8 Å². The van der Waals surface area contributed by atoms with E-state index in [-0.39, 0.29) is 5.95 Å². The summed E-state index contributed by atoms with van der Waals surface area (Å²) in [4.78, 5) is 0. The number of benzene rings is 3. The van der Waals surface area contributed by atoms with E-state index in [1.807, 2.05) is 18.2 Å². The average molecular weight is 367 g/mol. The molecule has 0 saturated carbocycles. The van der Waals surface area contributed by atoms with E-state index in [1.54, 1.807) is 66.7 Å². The second-order valence-electron chi connectivity index (χ2n) is 5.33. The van der Waals surface area contributed by atoms with Crippen molar-refractivity contribution in [3.8, 4) is 17.4 Å². The highest BCUT2D eigenvalue weighted by molar-refractivity contribution is 7.49. The second-order valence-corrected chi connectivity index (χ2v) is 6.78. The molecule has 4 aromatic rings. The Kier molecular flexibility index (Phi) is 4.33. The van der Waals surface area contributed by atoms with E-state index in [2.05, 4.69) is 5.16 Å². The molecule has 0 aliphatic carbocycles. The van der Waals surface area contributed by atoms with Crippen LogP contribution >= 0.6 is 7.82 Å². The van der Waals surface area contributed by atoms with Crippen LogP contribution in [-0.2, 0) is 4.57 Å². The van der Waals surface area contributed by atoms with Crippen molar-refractivity contribution in [1.82, 2.24) is 5.16 Å². The van der Waals surface area contributed by atoms with Crippen LogP contribution in [0.1, 0.15) is 0 Å². The van der Waals surface area contributed by atoms with E-state index in [0.29, 0.717) is 22.4 Å². The lowest BCUT2D eigenvalue weighted by molar-refractivity contribution is 0.251. The molecule has 0 fully saturated rings. The molecule has 0 aliphatic heterocycles. The fourth-order valence-corrected chi connectivity index (χ4v) is 3.52. The Labute approximate surface area is 149 Å². The molecule has 1 aromatic heterocycles. The van der Waals surface area contributed by atoms with Crippen molar-refractivity contribution >= 4 is 18.7 Å². The van der Waals surface area contributed by atoms with Crippen LogP contribution in [0.2, 0.25) is 0 Å². The molecule has 0 spiro atoms. The molecule has 0 amide bonds. The van der Waals surface area contributed by atoms with Crippen molar-refractivity contribution in [3.05, 3.63) is 84.9 Å². The van der Waals surface area contributed by atoms with Gasteiger partial charge in [0.1, 0.15) is 17.0 Å². The van der Waals surface area contributed by atoms with Gasteiger partial charge in [0.15, 0.2) is 0 Å². The quantitative estimate of drug-likeness (QED) is 0.421. The molecule has 6 nitrogen and oxygen atoms in total. The van der Waals surface area contributed by atoms with Gasteiger partial charge in [-0.15, -0.1) is 0 Å². The van der Waals surface area contributed by atoms with Crippen LogP contribution < -0.4 is 13.6 Å². The summed E-state index contributed by atoms with van der Waals surface area (Å²) in [5, 5.41) is 4.46. The number of para-hydroxylation sites is 2. The topological polar surface area (TPSA) is 70.8 Å². The van der Waals surface area contributed by atoms with Gasteiger partial charge in [0.05, 0.1) is 5.39 Å². The minimum atomic E-state index is -4.09. The summed E-state index contributed by atoms with van der Waals surface area (Å²) in [5.74, 6) is 0.655. The summed E-state index contributed by atoms with van der Waals surface area (Å²) in [6, 6.07) is 24.4. The van der Waals surface area contributed by atoms with Gasteiger partial charge in [0, 0.05) is 0 Å². The molecular weight excluding hydrogens is 353 g/mol. The van der Waals surface area contributed by atoms with Gasteiger partial charge in [0.25, 0.3) is 0 Å². The SMILES string of the molecule is O=P(Oc1ccccc1)(Oc1ccccc1)Oc1onc2ccccc12. The minimum Gasteiger partial charge on any atom is -0.386 e. The van der Waals surface area contributed by atoms with Crippen LogP contribution in [0, 0.1) is 0 Å². The zero-order valence-electron chi connectivity index (χ0n) is 13.5. The summed E-state index contributed by atoms with van der Waals surface area (Å²) >= 11 is 0. The first-order chi connectivity index (χ1) is 12.7. The van der Waals surface area contributed by atoms with Crippen molar-refractivity contribution in [2.45, 2.75) is 0 Å². The Morgan fingerprint density at radius 2 is 1.23 bits per heavy atom. The Hall–Kier alpha value is -3.24. The predicted molar refractivity (Wildman–Crippen MR) is 96.4 cm³/mol. The third kappa shape index (κ3) is 3.55. The highest BCUT2D eigenvalue weighted by Crippen LogP contribution is 2.50. The number of hydrogen-bond acceptors (Lipinski definition) is 6. The van der Waals surface area contributed by atoms with Crippen LogP contribution in [0.25, 0.3) is 10.9 Å². The normalized spacial score (nSPS) is 11.2. The lowest BCUT2D eigenvalue weighted by atomic mass is 10.3. The molecule has 0 unspecified atom stereocenters. The Balaban J connectivity index is 1.68. The van der Waals surface area contributed by atoms with E-state index in [4.69, 9.17) is 18.1 Å². The van der Waals surface area contributed by atoms with E-state index in [9.17, 15) is 4.57 Å². The van der Waals surface area contributed by atoms with Crippen molar-refractivity contribution in [3.63, 3.8) is 0 Å². The first kappa shape index (κ1) is 16.2. The molecule has 0 N–H and O–H groups in total. The van der Waals surface area contributed by atoms with Crippen LogP contribution in [0.5, 0.6) is 17.4 Å². The number of rotatable bonds is 6. The van der Waals surface area contributed by atoms with Crippen LogP contribution in [0.15, 0.2) is 89.5 Å². The van der Waals surface area contributed by atoms with Crippen LogP contribution in [0.3, 0.4) is 0 Å². The number of phosphoric acid groups is 1. The molecule has 0 radical (unpaired) electrons. The first-order valence-electron chi connectivity index (χ1n) is 7.85. The van der Waals surface area contributed by atoms with Crippen LogP contribution in [0.4, 0.5) is 0 Å². The lowest BCUT2D eigenvalue weighted by Crippen LogP contribution is -2.07. The molecule has 7 heteroatoms. The van der Waals surface area contributed by atoms with Gasteiger partial charge in [0.2, 0.25) is 0 Å². The number of hydrogen-bond donors (Lipinski definition) is 0. The fraction of sp³-hybridized carbons (Fsp3) is 0. The van der Waals surface area contributed by atoms with Gasteiger partial charge in [-0.1, -0.05) is 53.7 Å². The lowest BCUT2D eigenvalue weighted by Gasteiger charge is -2.17. The average Bonchev–Trinajstić information content (AvgIpc) is 3.06. The van der Waals surface area contributed by atoms with Gasteiger partial charge in [-0.3, -0.25) is 0 Å². The van der Waals surface area contributed by atoms with Crippen LogP contribution in [-0.4, -0.2) is 5.16 Å². The highest BCUT2D eigenvalue weighted by atomic mass is 31.2. The van der Waals surface area contributed by atoms with Crippen molar-refractivity contribution in [2.75, 3.05) is 0 Å². The summed E-state index contributed by atoms with van der Waals surface area (Å²) in [6.45, 7) is 0. The largest absolute Gasteiger partial charge is 0.649 e. The summed E-state index contributed by atoms with van der Waals surface area (Å²) in [6.07, 6.45) is 0. The van der Waals surface area contributed by atoms with E-state index >= 15 is 0 Å². The van der Waals surface area contributed by atoms with Crippen molar-refractivity contribution in [2.24, 2.45) is 0 Å². The Morgan fingerprint density at radius 1 is 0.692 bits per heavy atom. The van der Waals surface area contributed by atoms with Gasteiger partial charge in [-0.2, -0.15) is 4.57 Å². The molecule has 0 saturated heterocycles. The maximum atomic E-state index is 13.3. The second kappa shape index (κ2) is 6.94. The molecule has 26 heavy (non-hydrogen) atoms. The highest BCUT2D eigenvalue weighted by Gasteiger charge is 2.35. The third-order valence-corrected chi connectivity index (χ3v) is 4.72. The monoisotopic (exact) mass is 367 g/mol. The van der Waals surface area contributed by atoms with E-state index < -0.39 is 7.82 Å². The maximum absolute atomic E-state index is 13.3. The molecule has 0 atom stereocenters. The Bertz CT molecular complexity index is 1000. The zero-order valence-corrected chi connectivity index (χ0v) is 14.4. The first-order valence-corrected chi connectivity index (χ1v) is 9.31. The number of nitrogens with zero attached hydrogens (tertiary/aromatic N) is 1. The minimum absolute atomic E-state index is 0.0317. The summed E-state index contributed by atoms with van der Waals surface area (Å²) in [5.41, 5.74) is 0.577. The smallest absolute Gasteiger partial charge is 0.386 e. The molecule has 1 heterocycles. The molecule has 130 valence electrons. The fourth-order valence-electron chi connectivity index (χ4n) is 2.31. The van der Waals surface area contributed by atoms with Gasteiger partial charge in [-0.05, 0) is 36.4 Å². The van der Waals surface area contributed by atoms with Crippen molar-refractivity contribution < 1.29 is 22.7 Å². The van der Waals surface area contributed by atoms with Gasteiger partial charge < -0.3 is 18.1 Å².